The Bertz CT molecular complexity index is 784. The van der Waals surface area contributed by atoms with Gasteiger partial charge in [0.25, 0.3) is 10.0 Å². The van der Waals surface area contributed by atoms with Crippen LogP contribution in [0.5, 0.6) is 0 Å². The molecule has 0 saturated heterocycles. The fraction of sp³-hybridized carbons (Fsp3) is 0.143. The standard InChI is InChI=1S/C14H14BrFN2O2S/c1-8-6-10(15)7-9(2)14(8)18-21(19,20)12-5-3-4-11(16)13(12)17/h3-7,18H,17H2,1-2H3. The molecule has 4 nitrogen and oxygen atoms in total. The first-order valence-corrected chi connectivity index (χ1v) is 8.33. The summed E-state index contributed by atoms with van der Waals surface area (Å²) < 4.78 is 41.5. The van der Waals surface area contributed by atoms with Crippen LogP contribution in [0.2, 0.25) is 0 Å². The summed E-state index contributed by atoms with van der Waals surface area (Å²) in [4.78, 5) is -0.274. The summed E-state index contributed by atoms with van der Waals surface area (Å²) in [6, 6.07) is 7.27. The summed E-state index contributed by atoms with van der Waals surface area (Å²) in [5.41, 5.74) is 7.09. The molecule has 21 heavy (non-hydrogen) atoms. The first-order valence-electron chi connectivity index (χ1n) is 6.06. The van der Waals surface area contributed by atoms with Gasteiger partial charge in [-0.1, -0.05) is 22.0 Å². The zero-order valence-electron chi connectivity index (χ0n) is 11.4. The smallest absolute Gasteiger partial charge is 0.264 e. The van der Waals surface area contributed by atoms with Crippen LogP contribution in [0, 0.1) is 19.7 Å². The van der Waals surface area contributed by atoms with Crippen LogP contribution < -0.4 is 10.5 Å². The average Bonchev–Trinajstić information content (AvgIpc) is 2.37. The Morgan fingerprint density at radius 3 is 2.33 bits per heavy atom. The van der Waals surface area contributed by atoms with E-state index in [9.17, 15) is 12.8 Å². The van der Waals surface area contributed by atoms with E-state index < -0.39 is 21.5 Å². The quantitative estimate of drug-likeness (QED) is 0.808. The van der Waals surface area contributed by atoms with Crippen LogP contribution in [0.1, 0.15) is 11.1 Å². The van der Waals surface area contributed by atoms with Crippen LogP contribution in [-0.2, 0) is 10.0 Å². The Morgan fingerprint density at radius 2 is 1.76 bits per heavy atom. The molecule has 0 aliphatic heterocycles. The van der Waals surface area contributed by atoms with Crippen LogP contribution in [0.4, 0.5) is 15.8 Å². The van der Waals surface area contributed by atoms with Crippen molar-refractivity contribution in [3.63, 3.8) is 0 Å². The largest absolute Gasteiger partial charge is 0.395 e. The van der Waals surface area contributed by atoms with E-state index in [0.29, 0.717) is 5.69 Å². The van der Waals surface area contributed by atoms with E-state index in [0.717, 1.165) is 21.7 Å². The molecule has 7 heteroatoms. The van der Waals surface area contributed by atoms with Gasteiger partial charge in [-0.2, -0.15) is 0 Å². The second kappa shape index (κ2) is 5.65. The van der Waals surface area contributed by atoms with Gasteiger partial charge in [0.2, 0.25) is 0 Å². The van der Waals surface area contributed by atoms with E-state index in [1.807, 2.05) is 0 Å². The van der Waals surface area contributed by atoms with Gasteiger partial charge in [-0.15, -0.1) is 0 Å². The van der Waals surface area contributed by atoms with Crippen LogP contribution in [-0.4, -0.2) is 8.42 Å². The SMILES string of the molecule is Cc1cc(Br)cc(C)c1NS(=O)(=O)c1cccc(F)c1N. The number of nitrogens with two attached hydrogens (primary N) is 1. The van der Waals surface area contributed by atoms with Crippen molar-refractivity contribution in [2.75, 3.05) is 10.5 Å². The van der Waals surface area contributed by atoms with Gasteiger partial charge in [0.15, 0.2) is 0 Å². The molecule has 0 unspecified atom stereocenters. The van der Waals surface area contributed by atoms with Crippen LogP contribution in [0.3, 0.4) is 0 Å². The third-order valence-corrected chi connectivity index (χ3v) is 4.90. The molecule has 0 aliphatic rings. The van der Waals surface area contributed by atoms with Gasteiger partial charge in [0, 0.05) is 4.47 Å². The minimum atomic E-state index is -3.95. The minimum Gasteiger partial charge on any atom is -0.395 e. The molecule has 0 fully saturated rings. The van der Waals surface area contributed by atoms with Crippen molar-refractivity contribution < 1.29 is 12.8 Å². The van der Waals surface area contributed by atoms with Crippen molar-refractivity contribution in [2.45, 2.75) is 18.7 Å². The number of halogens is 2. The van der Waals surface area contributed by atoms with Crippen molar-refractivity contribution in [2.24, 2.45) is 0 Å². The van der Waals surface area contributed by atoms with E-state index in [4.69, 9.17) is 5.73 Å². The fourth-order valence-corrected chi connectivity index (χ4v) is 4.04. The zero-order chi connectivity index (χ0) is 15.8. The summed E-state index contributed by atoms with van der Waals surface area (Å²) in [5.74, 6) is -0.762. The van der Waals surface area contributed by atoms with Crippen molar-refractivity contribution in [1.29, 1.82) is 0 Å². The molecule has 0 aromatic heterocycles. The molecule has 0 bridgehead atoms. The minimum absolute atomic E-state index is 0.274. The van der Waals surface area contributed by atoms with Gasteiger partial charge < -0.3 is 5.73 Å². The number of nitrogen functional groups attached to an aromatic ring is 1. The van der Waals surface area contributed by atoms with Gasteiger partial charge in [0.1, 0.15) is 10.7 Å². The molecular formula is C14H14BrFN2O2S. The maximum absolute atomic E-state index is 13.4. The number of hydrogen-bond acceptors (Lipinski definition) is 3. The third kappa shape index (κ3) is 3.19. The zero-order valence-corrected chi connectivity index (χ0v) is 13.8. The summed E-state index contributed by atoms with van der Waals surface area (Å²) in [5, 5.41) is 0. The van der Waals surface area contributed by atoms with E-state index in [-0.39, 0.29) is 4.90 Å². The number of anilines is 2. The Hall–Kier alpha value is -1.60. The fourth-order valence-electron chi connectivity index (χ4n) is 2.01. The first kappa shape index (κ1) is 15.8. The lowest BCUT2D eigenvalue weighted by Gasteiger charge is -2.15. The van der Waals surface area contributed by atoms with Gasteiger partial charge in [0.05, 0.1) is 11.4 Å². The van der Waals surface area contributed by atoms with Gasteiger partial charge in [-0.25, -0.2) is 12.8 Å². The average molecular weight is 373 g/mol. The Morgan fingerprint density at radius 1 is 1.19 bits per heavy atom. The maximum Gasteiger partial charge on any atom is 0.264 e. The summed E-state index contributed by atoms with van der Waals surface area (Å²) >= 11 is 3.35. The molecule has 3 N–H and O–H groups in total. The predicted molar refractivity (Wildman–Crippen MR) is 85.2 cm³/mol. The van der Waals surface area contributed by atoms with Crippen molar-refractivity contribution in [3.05, 3.63) is 51.7 Å². The number of hydrogen-bond donors (Lipinski definition) is 2. The molecule has 2 rings (SSSR count). The van der Waals surface area contributed by atoms with E-state index in [1.165, 1.54) is 12.1 Å². The highest BCUT2D eigenvalue weighted by atomic mass is 79.9. The number of aryl methyl sites for hydroxylation is 2. The molecule has 0 heterocycles. The van der Waals surface area contributed by atoms with Gasteiger partial charge >= 0.3 is 0 Å². The molecule has 0 saturated carbocycles. The lowest BCUT2D eigenvalue weighted by molar-refractivity contribution is 0.597. The summed E-state index contributed by atoms with van der Waals surface area (Å²) in [6.45, 7) is 3.56. The summed E-state index contributed by atoms with van der Waals surface area (Å²) in [6.07, 6.45) is 0. The molecule has 0 radical (unpaired) electrons. The van der Waals surface area contributed by atoms with Gasteiger partial charge in [-0.05, 0) is 49.2 Å². The van der Waals surface area contributed by atoms with E-state index in [1.54, 1.807) is 26.0 Å². The van der Waals surface area contributed by atoms with Crippen molar-refractivity contribution in [1.82, 2.24) is 0 Å². The predicted octanol–water partition coefficient (Wildman–Crippen LogP) is 3.59. The number of benzene rings is 2. The molecule has 0 atom stereocenters. The highest BCUT2D eigenvalue weighted by molar-refractivity contribution is 9.10. The molecule has 112 valence electrons. The molecule has 0 spiro atoms. The number of nitrogens with one attached hydrogen (secondary N) is 1. The number of para-hydroxylation sites is 1. The number of rotatable bonds is 3. The normalized spacial score (nSPS) is 11.4. The second-order valence-corrected chi connectivity index (χ2v) is 7.24. The van der Waals surface area contributed by atoms with Crippen LogP contribution in [0.15, 0.2) is 39.7 Å². The van der Waals surface area contributed by atoms with Crippen molar-refractivity contribution >= 4 is 37.3 Å². The highest BCUT2D eigenvalue weighted by Crippen LogP contribution is 2.29. The van der Waals surface area contributed by atoms with E-state index >= 15 is 0 Å². The lowest BCUT2D eigenvalue weighted by Crippen LogP contribution is -2.17. The van der Waals surface area contributed by atoms with Crippen LogP contribution in [0.25, 0.3) is 0 Å². The topological polar surface area (TPSA) is 72.2 Å². The lowest BCUT2D eigenvalue weighted by atomic mass is 10.1. The third-order valence-electron chi connectivity index (χ3n) is 3.04. The Balaban J connectivity index is 2.50. The monoisotopic (exact) mass is 372 g/mol. The summed E-state index contributed by atoms with van der Waals surface area (Å²) in [7, 11) is -3.95. The molecule has 0 aliphatic carbocycles. The van der Waals surface area contributed by atoms with Crippen LogP contribution >= 0.6 is 15.9 Å². The second-order valence-electron chi connectivity index (χ2n) is 4.67. The molecule has 0 amide bonds. The number of sulfonamides is 1. The van der Waals surface area contributed by atoms with Gasteiger partial charge in [-0.3, -0.25) is 4.72 Å². The molecule has 2 aromatic carbocycles. The van der Waals surface area contributed by atoms with E-state index in [2.05, 4.69) is 20.7 Å². The highest BCUT2D eigenvalue weighted by Gasteiger charge is 2.21. The Labute approximate surface area is 131 Å². The molecular weight excluding hydrogens is 359 g/mol. The first-order chi connectivity index (χ1) is 9.72. The Kier molecular flexibility index (Phi) is 4.25. The molecule has 2 aromatic rings. The maximum atomic E-state index is 13.4. The van der Waals surface area contributed by atoms with Crippen molar-refractivity contribution in [3.8, 4) is 0 Å².